The molecule has 0 amide bonds. The van der Waals surface area contributed by atoms with Gasteiger partial charge in [-0.05, 0) is 49.4 Å². The molecule has 0 bridgehead atoms. The first-order chi connectivity index (χ1) is 48.1. The molecular formula is C81H158O17P2. The van der Waals surface area contributed by atoms with Gasteiger partial charge >= 0.3 is 39.5 Å². The Morgan fingerprint density at radius 2 is 0.480 bits per heavy atom. The van der Waals surface area contributed by atoms with Crippen molar-refractivity contribution in [2.75, 3.05) is 39.6 Å². The number of esters is 4. The zero-order valence-corrected chi connectivity index (χ0v) is 67.6. The molecule has 0 rings (SSSR count). The van der Waals surface area contributed by atoms with Gasteiger partial charge in [-0.1, -0.05) is 364 Å². The van der Waals surface area contributed by atoms with E-state index in [9.17, 15) is 43.2 Å². The van der Waals surface area contributed by atoms with Gasteiger partial charge in [0.1, 0.15) is 19.3 Å². The summed E-state index contributed by atoms with van der Waals surface area (Å²) < 4.78 is 68.7. The van der Waals surface area contributed by atoms with Crippen LogP contribution in [0.1, 0.15) is 415 Å². The van der Waals surface area contributed by atoms with E-state index in [1.165, 1.54) is 212 Å². The smallest absolute Gasteiger partial charge is 0.462 e. The highest BCUT2D eigenvalue weighted by Gasteiger charge is 2.30. The number of rotatable bonds is 78. The van der Waals surface area contributed by atoms with Crippen LogP contribution in [0.2, 0.25) is 0 Å². The molecule has 0 aromatic carbocycles. The van der Waals surface area contributed by atoms with Crippen molar-refractivity contribution in [2.45, 2.75) is 433 Å². The summed E-state index contributed by atoms with van der Waals surface area (Å²) >= 11 is 0. The van der Waals surface area contributed by atoms with Crippen LogP contribution in [0.4, 0.5) is 0 Å². The van der Waals surface area contributed by atoms with E-state index in [0.717, 1.165) is 114 Å². The zero-order valence-electron chi connectivity index (χ0n) is 65.8. The minimum Gasteiger partial charge on any atom is -0.462 e. The van der Waals surface area contributed by atoms with Gasteiger partial charge in [0.15, 0.2) is 12.2 Å². The molecule has 0 aromatic heterocycles. The van der Waals surface area contributed by atoms with Crippen molar-refractivity contribution in [1.82, 2.24) is 0 Å². The fourth-order valence-electron chi connectivity index (χ4n) is 12.4. The second kappa shape index (κ2) is 70.1. The molecule has 19 heteroatoms. The molecule has 0 saturated heterocycles. The molecule has 0 aliphatic carbocycles. The molecule has 0 saturated carbocycles. The first-order valence-corrected chi connectivity index (χ1v) is 44.7. The lowest BCUT2D eigenvalue weighted by atomic mass is 9.99. The highest BCUT2D eigenvalue weighted by Crippen LogP contribution is 2.45. The van der Waals surface area contributed by atoms with Gasteiger partial charge in [-0.15, -0.1) is 0 Å². The molecule has 0 aliphatic rings. The zero-order chi connectivity index (χ0) is 73.8. The molecule has 0 aromatic rings. The maximum Gasteiger partial charge on any atom is 0.472 e. The minimum atomic E-state index is -4.96. The van der Waals surface area contributed by atoms with E-state index in [2.05, 4.69) is 55.4 Å². The Kier molecular flexibility index (Phi) is 68.7. The van der Waals surface area contributed by atoms with Gasteiger partial charge in [0.05, 0.1) is 26.4 Å². The van der Waals surface area contributed by atoms with Crippen LogP contribution in [0.15, 0.2) is 0 Å². The summed E-state index contributed by atoms with van der Waals surface area (Å²) in [6, 6.07) is 0. The van der Waals surface area contributed by atoms with E-state index in [1.807, 2.05) is 0 Å². The van der Waals surface area contributed by atoms with Crippen molar-refractivity contribution in [3.8, 4) is 0 Å². The quantitative estimate of drug-likeness (QED) is 0.0222. The molecular weight excluding hydrogens is 1310 g/mol. The fourth-order valence-corrected chi connectivity index (χ4v) is 14.0. The van der Waals surface area contributed by atoms with E-state index in [-0.39, 0.29) is 25.7 Å². The van der Waals surface area contributed by atoms with Crippen LogP contribution in [0.5, 0.6) is 0 Å². The van der Waals surface area contributed by atoms with Gasteiger partial charge in [0.25, 0.3) is 0 Å². The average molecular weight is 1470 g/mol. The summed E-state index contributed by atoms with van der Waals surface area (Å²) in [5.74, 6) is 0.993. The summed E-state index contributed by atoms with van der Waals surface area (Å²) in [6.45, 7) is 14.3. The van der Waals surface area contributed by atoms with E-state index < -0.39 is 97.5 Å². The number of phosphoric ester groups is 2. The summed E-state index contributed by atoms with van der Waals surface area (Å²) in [6.07, 6.45) is 57.0. The highest BCUT2D eigenvalue weighted by atomic mass is 31.2. The van der Waals surface area contributed by atoms with Gasteiger partial charge in [-0.2, -0.15) is 0 Å². The summed E-state index contributed by atoms with van der Waals surface area (Å²) in [5, 5.41) is 10.6. The van der Waals surface area contributed by atoms with Crippen LogP contribution >= 0.6 is 15.6 Å². The van der Waals surface area contributed by atoms with E-state index in [4.69, 9.17) is 37.0 Å². The van der Waals surface area contributed by atoms with Crippen LogP contribution in [-0.4, -0.2) is 96.7 Å². The molecule has 6 atom stereocenters. The second-order valence-corrected chi connectivity index (χ2v) is 33.7. The molecule has 0 aliphatic heterocycles. The lowest BCUT2D eigenvalue weighted by Gasteiger charge is -2.21. The number of hydrogen-bond acceptors (Lipinski definition) is 15. The van der Waals surface area contributed by atoms with Gasteiger partial charge < -0.3 is 33.8 Å². The average Bonchev–Trinajstić information content (AvgIpc) is 0.923. The maximum atomic E-state index is 13.1. The Hall–Kier alpha value is -1.94. The van der Waals surface area contributed by atoms with Crippen molar-refractivity contribution < 1.29 is 80.2 Å². The Morgan fingerprint density at radius 3 is 0.710 bits per heavy atom. The van der Waals surface area contributed by atoms with Crippen molar-refractivity contribution in [2.24, 2.45) is 23.7 Å². The third-order valence-corrected chi connectivity index (χ3v) is 21.1. The Bertz CT molecular complexity index is 1960. The molecule has 3 N–H and O–H groups in total. The largest absolute Gasteiger partial charge is 0.472 e. The number of ether oxygens (including phenoxy) is 4. The summed E-state index contributed by atoms with van der Waals surface area (Å²) in [4.78, 5) is 73.0. The van der Waals surface area contributed by atoms with Crippen molar-refractivity contribution in [3.05, 3.63) is 0 Å². The van der Waals surface area contributed by atoms with Crippen molar-refractivity contribution in [1.29, 1.82) is 0 Å². The Balaban J connectivity index is 5.19. The standard InChI is InChI=1S/C81H158O17P2/c1-9-74(8)60-52-44-36-28-22-16-14-12-10-11-13-15-17-23-29-37-45-53-61-78(83)91-67-76(97-80(85)63-55-47-38-30-24-18-20-26-33-41-49-57-71(2)3)69-95-99(87,88)93-65-75(82)66-94-100(89,90)96-70-77(68-92-79(84)62-54-46-40-32-35-43-51-59-73(6)7)98-81(86)64-56-48-39-31-25-19-21-27-34-42-50-58-72(4)5/h71-77,82H,9-70H2,1-8H3,(H,87,88)(H,89,90)/t74?,75?,76-,77-/m1/s1. The van der Waals surface area contributed by atoms with E-state index in [0.29, 0.717) is 31.6 Å². The van der Waals surface area contributed by atoms with E-state index in [1.54, 1.807) is 0 Å². The van der Waals surface area contributed by atoms with Crippen LogP contribution in [0.25, 0.3) is 0 Å². The lowest BCUT2D eigenvalue weighted by Crippen LogP contribution is -2.30. The predicted octanol–water partition coefficient (Wildman–Crippen LogP) is 24.0. The number of carbonyl (C=O) groups excluding carboxylic acids is 4. The van der Waals surface area contributed by atoms with Crippen LogP contribution < -0.4 is 0 Å². The van der Waals surface area contributed by atoms with Gasteiger partial charge in [-0.25, -0.2) is 9.13 Å². The maximum absolute atomic E-state index is 13.1. The van der Waals surface area contributed by atoms with Crippen molar-refractivity contribution >= 4 is 39.5 Å². The third kappa shape index (κ3) is 73.0. The van der Waals surface area contributed by atoms with Crippen LogP contribution in [-0.2, 0) is 65.4 Å². The SMILES string of the molecule is CCC(C)CCCCCCCCCCCCCCCCCCCCC(=O)OC[C@H](COP(=O)(O)OCC(O)COP(=O)(O)OC[C@@H](COC(=O)CCCCCCCCCC(C)C)OC(=O)CCCCCCCCCCCCCC(C)C)OC(=O)CCCCCCCCCCCCCC(C)C. The number of hydrogen-bond donors (Lipinski definition) is 3. The highest BCUT2D eigenvalue weighted by molar-refractivity contribution is 7.47. The van der Waals surface area contributed by atoms with Gasteiger partial charge in [-0.3, -0.25) is 37.3 Å². The first-order valence-electron chi connectivity index (χ1n) is 41.7. The molecule has 0 spiro atoms. The molecule has 0 fully saturated rings. The monoisotopic (exact) mass is 1470 g/mol. The van der Waals surface area contributed by atoms with E-state index >= 15 is 0 Å². The molecule has 100 heavy (non-hydrogen) atoms. The number of aliphatic hydroxyl groups is 1. The van der Waals surface area contributed by atoms with Crippen LogP contribution in [0.3, 0.4) is 0 Å². The normalized spacial score (nSPS) is 14.3. The molecule has 0 radical (unpaired) electrons. The van der Waals surface area contributed by atoms with Gasteiger partial charge in [0.2, 0.25) is 0 Å². The Morgan fingerprint density at radius 1 is 0.280 bits per heavy atom. The molecule has 594 valence electrons. The predicted molar refractivity (Wildman–Crippen MR) is 409 cm³/mol. The summed E-state index contributed by atoms with van der Waals surface area (Å²) in [7, 11) is -9.92. The topological polar surface area (TPSA) is 237 Å². The molecule has 0 heterocycles. The Labute approximate surface area is 613 Å². The summed E-state index contributed by atoms with van der Waals surface area (Å²) in [5.41, 5.74) is 0. The third-order valence-electron chi connectivity index (χ3n) is 19.2. The van der Waals surface area contributed by atoms with Gasteiger partial charge in [0, 0.05) is 25.7 Å². The molecule has 17 nitrogen and oxygen atoms in total. The number of phosphoric acid groups is 2. The first kappa shape index (κ1) is 98.1. The van der Waals surface area contributed by atoms with Crippen LogP contribution in [0, 0.1) is 23.7 Å². The number of unbranched alkanes of at least 4 members (excludes halogenated alkanes) is 43. The second-order valence-electron chi connectivity index (χ2n) is 30.8. The number of aliphatic hydroxyl groups excluding tert-OH is 1. The molecule has 4 unspecified atom stereocenters. The number of carbonyl (C=O) groups is 4. The minimum absolute atomic E-state index is 0.105. The lowest BCUT2D eigenvalue weighted by molar-refractivity contribution is -0.161. The fraction of sp³-hybridized carbons (Fsp3) is 0.951. The van der Waals surface area contributed by atoms with Crippen molar-refractivity contribution in [3.63, 3.8) is 0 Å².